The van der Waals surface area contributed by atoms with Crippen molar-refractivity contribution in [2.75, 3.05) is 32.8 Å². The minimum absolute atomic E-state index is 0.0000163. The Kier molecular flexibility index (Phi) is 5.32. The topological polar surface area (TPSA) is 52.6 Å². The molecule has 1 heterocycles. The van der Waals surface area contributed by atoms with Crippen LogP contribution in [0.25, 0.3) is 0 Å². The van der Waals surface area contributed by atoms with Gasteiger partial charge < -0.3 is 15.3 Å². The highest BCUT2D eigenvalue weighted by atomic mass is 16.3. The third-order valence-electron chi connectivity index (χ3n) is 6.26. The molecule has 23 heavy (non-hydrogen) atoms. The standard InChI is InChI=1S/C19H34N2O2/c1-19(2,13-22)12-21-10-16-15(17(16)11-21)9-20-18(23)14-7-5-3-4-6-8-14/h14-17,22H,3-13H2,1-2H3,(H,20,23). The predicted molar refractivity (Wildman–Crippen MR) is 92.0 cm³/mol. The number of nitrogens with one attached hydrogen (secondary N) is 1. The van der Waals surface area contributed by atoms with Crippen LogP contribution in [0.3, 0.4) is 0 Å². The summed E-state index contributed by atoms with van der Waals surface area (Å²) in [5.74, 6) is 2.85. The molecule has 0 bridgehead atoms. The van der Waals surface area contributed by atoms with E-state index in [0.717, 1.165) is 50.9 Å². The molecule has 2 unspecified atom stereocenters. The molecule has 3 rings (SSSR count). The molecular weight excluding hydrogens is 288 g/mol. The van der Waals surface area contributed by atoms with Crippen LogP contribution in [0.4, 0.5) is 0 Å². The average Bonchev–Trinajstić information content (AvgIpc) is 3.12. The number of fused-ring (bicyclic) bond motifs is 1. The van der Waals surface area contributed by atoms with E-state index in [-0.39, 0.29) is 17.9 Å². The molecule has 3 aliphatic rings. The van der Waals surface area contributed by atoms with Crippen LogP contribution in [0, 0.1) is 29.1 Å². The molecule has 4 heteroatoms. The highest BCUT2D eigenvalue weighted by Crippen LogP contribution is 2.51. The van der Waals surface area contributed by atoms with E-state index in [1.165, 1.54) is 25.7 Å². The maximum atomic E-state index is 12.3. The number of carbonyl (C=O) groups excluding carboxylic acids is 1. The number of rotatable bonds is 6. The van der Waals surface area contributed by atoms with E-state index >= 15 is 0 Å². The van der Waals surface area contributed by atoms with Gasteiger partial charge in [-0.3, -0.25) is 4.79 Å². The third kappa shape index (κ3) is 4.27. The van der Waals surface area contributed by atoms with Crippen LogP contribution >= 0.6 is 0 Å². The Balaban J connectivity index is 1.36. The molecule has 0 aromatic heterocycles. The van der Waals surface area contributed by atoms with Gasteiger partial charge in [0.15, 0.2) is 0 Å². The Bertz CT molecular complexity index is 404. The van der Waals surface area contributed by atoms with Crippen LogP contribution in [0.2, 0.25) is 0 Å². The first-order chi connectivity index (χ1) is 11.0. The lowest BCUT2D eigenvalue weighted by Crippen LogP contribution is -2.38. The van der Waals surface area contributed by atoms with Crippen molar-refractivity contribution in [2.45, 2.75) is 52.4 Å². The molecule has 2 saturated carbocycles. The molecule has 1 amide bonds. The van der Waals surface area contributed by atoms with Crippen molar-refractivity contribution in [1.82, 2.24) is 10.2 Å². The van der Waals surface area contributed by atoms with Gasteiger partial charge in [-0.15, -0.1) is 0 Å². The Labute approximate surface area is 141 Å². The summed E-state index contributed by atoms with van der Waals surface area (Å²) in [7, 11) is 0. The summed E-state index contributed by atoms with van der Waals surface area (Å²) in [6.45, 7) is 8.68. The molecule has 1 saturated heterocycles. The van der Waals surface area contributed by atoms with E-state index in [1.807, 2.05) is 0 Å². The zero-order valence-electron chi connectivity index (χ0n) is 14.9. The van der Waals surface area contributed by atoms with Crippen LogP contribution in [0.15, 0.2) is 0 Å². The molecule has 0 spiro atoms. The van der Waals surface area contributed by atoms with Crippen LogP contribution in [-0.4, -0.2) is 48.7 Å². The van der Waals surface area contributed by atoms with E-state index in [4.69, 9.17) is 0 Å². The van der Waals surface area contributed by atoms with Crippen LogP contribution < -0.4 is 5.32 Å². The fraction of sp³-hybridized carbons (Fsp3) is 0.947. The van der Waals surface area contributed by atoms with Crippen molar-refractivity contribution >= 4 is 5.91 Å². The van der Waals surface area contributed by atoms with Gasteiger partial charge in [-0.05, 0) is 30.6 Å². The Hall–Kier alpha value is -0.610. The first kappa shape index (κ1) is 17.2. The van der Waals surface area contributed by atoms with Crippen molar-refractivity contribution in [1.29, 1.82) is 0 Å². The fourth-order valence-electron chi connectivity index (χ4n) is 4.73. The monoisotopic (exact) mass is 322 g/mol. The lowest BCUT2D eigenvalue weighted by molar-refractivity contribution is -0.125. The first-order valence-corrected chi connectivity index (χ1v) is 9.61. The number of piperidine rings is 1. The number of likely N-dealkylation sites (tertiary alicyclic amines) is 1. The molecule has 2 N–H and O–H groups in total. The molecule has 0 aromatic carbocycles. The number of aliphatic hydroxyl groups is 1. The molecule has 132 valence electrons. The highest BCUT2D eigenvalue weighted by Gasteiger charge is 2.55. The average molecular weight is 322 g/mol. The van der Waals surface area contributed by atoms with Crippen LogP contribution in [0.1, 0.15) is 52.4 Å². The maximum Gasteiger partial charge on any atom is 0.223 e. The summed E-state index contributed by atoms with van der Waals surface area (Å²) in [5, 5.41) is 12.6. The third-order valence-corrected chi connectivity index (χ3v) is 6.26. The van der Waals surface area contributed by atoms with Gasteiger partial charge in [0.2, 0.25) is 5.91 Å². The number of nitrogens with zero attached hydrogens (tertiary/aromatic N) is 1. The van der Waals surface area contributed by atoms with Gasteiger partial charge in [0.25, 0.3) is 0 Å². The number of amides is 1. The van der Waals surface area contributed by atoms with Gasteiger partial charge in [0, 0.05) is 44.1 Å². The van der Waals surface area contributed by atoms with Gasteiger partial charge in [-0.1, -0.05) is 39.5 Å². The molecule has 4 nitrogen and oxygen atoms in total. The Morgan fingerprint density at radius 2 is 1.74 bits per heavy atom. The number of aliphatic hydroxyl groups excluding tert-OH is 1. The van der Waals surface area contributed by atoms with Crippen molar-refractivity contribution in [3.8, 4) is 0 Å². The second kappa shape index (κ2) is 7.10. The van der Waals surface area contributed by atoms with E-state index < -0.39 is 0 Å². The van der Waals surface area contributed by atoms with Gasteiger partial charge >= 0.3 is 0 Å². The van der Waals surface area contributed by atoms with Crippen molar-refractivity contribution in [2.24, 2.45) is 29.1 Å². The number of hydrogen-bond donors (Lipinski definition) is 2. The first-order valence-electron chi connectivity index (χ1n) is 9.61. The van der Waals surface area contributed by atoms with E-state index in [0.29, 0.717) is 11.8 Å². The van der Waals surface area contributed by atoms with Crippen molar-refractivity contribution in [3.63, 3.8) is 0 Å². The quantitative estimate of drug-likeness (QED) is 0.738. The SMILES string of the molecule is CC(C)(CO)CN1CC2C(CNC(=O)C3CCCCCC3)C2C1. The summed E-state index contributed by atoms with van der Waals surface area (Å²) < 4.78 is 0. The summed E-state index contributed by atoms with van der Waals surface area (Å²) in [5.41, 5.74) is -0.0000163. The Morgan fingerprint density at radius 1 is 1.13 bits per heavy atom. The second-order valence-corrected chi connectivity index (χ2v) is 8.94. The predicted octanol–water partition coefficient (Wildman–Crippen LogP) is 2.27. The smallest absolute Gasteiger partial charge is 0.223 e. The van der Waals surface area contributed by atoms with E-state index in [9.17, 15) is 9.90 Å². The summed E-state index contributed by atoms with van der Waals surface area (Å²) >= 11 is 0. The lowest BCUT2D eigenvalue weighted by atomic mass is 9.94. The summed E-state index contributed by atoms with van der Waals surface area (Å²) in [6, 6.07) is 0. The lowest BCUT2D eigenvalue weighted by Gasteiger charge is -2.29. The van der Waals surface area contributed by atoms with Crippen LogP contribution in [0.5, 0.6) is 0 Å². The highest BCUT2D eigenvalue weighted by molar-refractivity contribution is 5.78. The zero-order valence-corrected chi connectivity index (χ0v) is 14.9. The molecule has 0 radical (unpaired) electrons. The van der Waals surface area contributed by atoms with Crippen molar-refractivity contribution in [3.05, 3.63) is 0 Å². The summed E-state index contributed by atoms with van der Waals surface area (Å²) in [4.78, 5) is 14.8. The molecular formula is C19H34N2O2. The Morgan fingerprint density at radius 3 is 2.30 bits per heavy atom. The molecule has 0 aromatic rings. The van der Waals surface area contributed by atoms with Gasteiger partial charge in [-0.2, -0.15) is 0 Å². The number of carbonyl (C=O) groups is 1. The molecule has 1 aliphatic heterocycles. The van der Waals surface area contributed by atoms with E-state index in [1.54, 1.807) is 0 Å². The minimum atomic E-state index is -0.0000163. The number of hydrogen-bond acceptors (Lipinski definition) is 3. The van der Waals surface area contributed by atoms with Gasteiger partial charge in [0.1, 0.15) is 0 Å². The van der Waals surface area contributed by atoms with E-state index in [2.05, 4.69) is 24.1 Å². The fourth-order valence-corrected chi connectivity index (χ4v) is 4.73. The van der Waals surface area contributed by atoms with Crippen LogP contribution in [-0.2, 0) is 4.79 Å². The molecule has 2 aliphatic carbocycles. The molecule has 3 fully saturated rings. The summed E-state index contributed by atoms with van der Waals surface area (Å²) in [6.07, 6.45) is 7.23. The zero-order chi connectivity index (χ0) is 16.4. The molecule has 2 atom stereocenters. The van der Waals surface area contributed by atoms with Gasteiger partial charge in [-0.25, -0.2) is 0 Å². The minimum Gasteiger partial charge on any atom is -0.396 e. The van der Waals surface area contributed by atoms with Crippen molar-refractivity contribution < 1.29 is 9.90 Å². The van der Waals surface area contributed by atoms with Gasteiger partial charge in [0.05, 0.1) is 0 Å². The maximum absolute atomic E-state index is 12.3. The second-order valence-electron chi connectivity index (χ2n) is 8.94. The normalized spacial score (nSPS) is 32.4. The largest absolute Gasteiger partial charge is 0.396 e.